The molecule has 7 nitrogen and oxygen atoms in total. The third kappa shape index (κ3) is 6.29. The van der Waals surface area contributed by atoms with Gasteiger partial charge in [-0.25, -0.2) is 0 Å². The number of furan rings is 1. The largest absolute Gasteiger partial charge is 0.467 e. The van der Waals surface area contributed by atoms with Gasteiger partial charge in [0.05, 0.1) is 12.8 Å². The van der Waals surface area contributed by atoms with Crippen molar-refractivity contribution in [3.8, 4) is 0 Å². The normalized spacial score (nSPS) is 14.3. The van der Waals surface area contributed by atoms with Crippen LogP contribution in [0.2, 0.25) is 0 Å². The Morgan fingerprint density at radius 2 is 1.74 bits per heavy atom. The summed E-state index contributed by atoms with van der Waals surface area (Å²) in [4.78, 5) is 41.3. The zero-order valence-corrected chi connectivity index (χ0v) is 20.4. The number of aromatic nitrogens is 1. The molecule has 1 fully saturated rings. The van der Waals surface area contributed by atoms with Crippen molar-refractivity contribution < 1.29 is 14.0 Å². The van der Waals surface area contributed by atoms with Crippen LogP contribution in [0, 0.1) is 11.8 Å². The molecule has 0 saturated carbocycles. The summed E-state index contributed by atoms with van der Waals surface area (Å²) in [6.45, 7) is 6.08. The van der Waals surface area contributed by atoms with Crippen LogP contribution in [0.3, 0.4) is 0 Å². The van der Waals surface area contributed by atoms with Gasteiger partial charge in [0.1, 0.15) is 16.9 Å². The lowest BCUT2D eigenvalue weighted by Crippen LogP contribution is -2.42. The van der Waals surface area contributed by atoms with Crippen LogP contribution in [-0.4, -0.2) is 34.4 Å². The minimum absolute atomic E-state index is 0.0259. The minimum Gasteiger partial charge on any atom is -0.467 e. The van der Waals surface area contributed by atoms with E-state index in [1.807, 2.05) is 32.0 Å². The number of carbonyl (C=O) groups excluding carboxylic acids is 2. The summed E-state index contributed by atoms with van der Waals surface area (Å²) in [5.41, 5.74) is 0.806. The van der Waals surface area contributed by atoms with Crippen LogP contribution >= 0.6 is 0 Å². The molecule has 1 aromatic carbocycles. The third-order valence-corrected chi connectivity index (χ3v) is 6.40. The summed E-state index contributed by atoms with van der Waals surface area (Å²) in [6.07, 6.45) is 7.45. The second-order valence-corrected chi connectivity index (χ2v) is 9.69. The summed E-state index contributed by atoms with van der Waals surface area (Å²) in [7, 11) is 0. The van der Waals surface area contributed by atoms with Gasteiger partial charge in [-0.15, -0.1) is 0 Å². The van der Waals surface area contributed by atoms with Crippen LogP contribution in [0.4, 0.5) is 0 Å². The minimum atomic E-state index is -0.529. The molecule has 7 heteroatoms. The summed E-state index contributed by atoms with van der Waals surface area (Å²) < 4.78 is 7.04. The van der Waals surface area contributed by atoms with Gasteiger partial charge in [-0.3, -0.25) is 14.4 Å². The molecule has 1 saturated heterocycles. The first-order chi connectivity index (χ1) is 16.9. The molecule has 0 bridgehead atoms. The molecule has 0 unspecified atom stereocenters. The lowest BCUT2D eigenvalue weighted by molar-refractivity contribution is 0.0688. The Bertz CT molecular complexity index is 1190. The fourth-order valence-corrected chi connectivity index (χ4v) is 4.61. The number of nitrogens with one attached hydrogen (secondary N) is 1. The van der Waals surface area contributed by atoms with E-state index in [0.717, 1.165) is 19.3 Å². The Kier molecular flexibility index (Phi) is 7.85. The van der Waals surface area contributed by atoms with E-state index in [0.29, 0.717) is 31.3 Å². The highest BCUT2D eigenvalue weighted by molar-refractivity contribution is 5.99. The third-order valence-electron chi connectivity index (χ3n) is 6.40. The van der Waals surface area contributed by atoms with Gasteiger partial charge < -0.3 is 19.2 Å². The fourth-order valence-electron chi connectivity index (χ4n) is 4.61. The van der Waals surface area contributed by atoms with E-state index in [4.69, 9.17) is 4.42 Å². The van der Waals surface area contributed by atoms with Gasteiger partial charge in [0.15, 0.2) is 0 Å². The number of amides is 2. The quantitative estimate of drug-likeness (QED) is 0.531. The standard InChI is InChI=1S/C28H33N3O4/c1-20(2)17-30-18-24(27(33)29-16-23-9-6-14-35-23)26(32)25(19-30)28(34)31-12-10-22(11-13-31)15-21-7-4-3-5-8-21/h3-9,14,18-20,22H,10-13,15-17H2,1-2H3,(H,29,33). The maximum atomic E-state index is 13.4. The van der Waals surface area contributed by atoms with Crippen molar-refractivity contribution in [3.05, 3.63) is 93.8 Å². The molecule has 2 aromatic heterocycles. The number of carbonyl (C=O) groups is 2. The molecule has 0 spiro atoms. The number of hydrogen-bond acceptors (Lipinski definition) is 4. The Morgan fingerprint density at radius 1 is 1.03 bits per heavy atom. The Balaban J connectivity index is 1.49. The van der Waals surface area contributed by atoms with E-state index in [9.17, 15) is 14.4 Å². The summed E-state index contributed by atoms with van der Waals surface area (Å²) in [6, 6.07) is 13.9. The average molecular weight is 476 g/mol. The molecular weight excluding hydrogens is 442 g/mol. The molecule has 3 aromatic rings. The van der Waals surface area contributed by atoms with E-state index in [1.54, 1.807) is 34.0 Å². The molecule has 0 aliphatic carbocycles. The van der Waals surface area contributed by atoms with Crippen LogP contribution in [0.15, 0.2) is 70.3 Å². The number of piperidine rings is 1. The molecule has 2 amide bonds. The summed E-state index contributed by atoms with van der Waals surface area (Å²) in [5.74, 6) is 0.573. The van der Waals surface area contributed by atoms with Crippen molar-refractivity contribution in [1.82, 2.24) is 14.8 Å². The highest BCUT2D eigenvalue weighted by atomic mass is 16.3. The van der Waals surface area contributed by atoms with Crippen molar-refractivity contribution in [2.24, 2.45) is 11.8 Å². The van der Waals surface area contributed by atoms with Gasteiger partial charge in [-0.2, -0.15) is 0 Å². The molecule has 35 heavy (non-hydrogen) atoms. The molecule has 0 radical (unpaired) electrons. The zero-order chi connectivity index (χ0) is 24.8. The molecule has 1 N–H and O–H groups in total. The summed E-state index contributed by atoms with van der Waals surface area (Å²) in [5, 5.41) is 2.73. The van der Waals surface area contributed by atoms with Crippen molar-refractivity contribution >= 4 is 11.8 Å². The smallest absolute Gasteiger partial charge is 0.259 e. The van der Waals surface area contributed by atoms with Crippen molar-refractivity contribution in [3.63, 3.8) is 0 Å². The van der Waals surface area contributed by atoms with Crippen LogP contribution in [0.1, 0.15) is 58.7 Å². The predicted molar refractivity (Wildman–Crippen MR) is 134 cm³/mol. The highest BCUT2D eigenvalue weighted by Gasteiger charge is 2.27. The number of benzene rings is 1. The Morgan fingerprint density at radius 3 is 2.40 bits per heavy atom. The maximum Gasteiger partial charge on any atom is 0.259 e. The van der Waals surface area contributed by atoms with Gasteiger partial charge in [-0.05, 0) is 48.8 Å². The van der Waals surface area contributed by atoms with Crippen molar-refractivity contribution in [2.75, 3.05) is 13.1 Å². The van der Waals surface area contributed by atoms with Gasteiger partial charge in [0.25, 0.3) is 11.8 Å². The average Bonchev–Trinajstić information content (AvgIpc) is 3.38. The molecule has 0 atom stereocenters. The first-order valence-electron chi connectivity index (χ1n) is 12.3. The Labute approximate surface area is 205 Å². The van der Waals surface area contributed by atoms with Crippen LogP contribution < -0.4 is 10.7 Å². The van der Waals surface area contributed by atoms with Gasteiger partial charge in [0.2, 0.25) is 5.43 Å². The molecule has 1 aliphatic heterocycles. The van der Waals surface area contributed by atoms with E-state index in [2.05, 4.69) is 17.4 Å². The molecule has 1 aliphatic rings. The van der Waals surface area contributed by atoms with Gasteiger partial charge >= 0.3 is 0 Å². The van der Waals surface area contributed by atoms with E-state index >= 15 is 0 Å². The summed E-state index contributed by atoms with van der Waals surface area (Å²) >= 11 is 0. The Hall–Kier alpha value is -3.61. The first-order valence-corrected chi connectivity index (χ1v) is 12.3. The van der Waals surface area contributed by atoms with Crippen molar-refractivity contribution in [2.45, 2.75) is 46.2 Å². The van der Waals surface area contributed by atoms with Crippen LogP contribution in [0.5, 0.6) is 0 Å². The number of nitrogens with zero attached hydrogens (tertiary/aromatic N) is 2. The molecule has 184 valence electrons. The van der Waals surface area contributed by atoms with Crippen LogP contribution in [-0.2, 0) is 19.5 Å². The molecule has 3 heterocycles. The second-order valence-electron chi connectivity index (χ2n) is 9.69. The highest BCUT2D eigenvalue weighted by Crippen LogP contribution is 2.22. The molecule has 4 rings (SSSR count). The zero-order valence-electron chi connectivity index (χ0n) is 20.4. The maximum absolute atomic E-state index is 13.4. The van der Waals surface area contributed by atoms with Crippen molar-refractivity contribution in [1.29, 1.82) is 0 Å². The van der Waals surface area contributed by atoms with E-state index in [1.165, 1.54) is 11.8 Å². The molecular formula is C28H33N3O4. The monoisotopic (exact) mass is 475 g/mol. The first kappa shape index (κ1) is 24.5. The van der Waals surface area contributed by atoms with E-state index < -0.39 is 11.3 Å². The predicted octanol–water partition coefficient (Wildman–Crippen LogP) is 4.12. The lowest BCUT2D eigenvalue weighted by Gasteiger charge is -2.32. The lowest BCUT2D eigenvalue weighted by atomic mass is 9.90. The SMILES string of the molecule is CC(C)Cn1cc(C(=O)NCc2ccco2)c(=O)c(C(=O)N2CCC(Cc3ccccc3)CC2)c1. The number of pyridine rings is 1. The number of rotatable bonds is 8. The fraction of sp³-hybridized carbons (Fsp3) is 0.393. The van der Waals surface area contributed by atoms with Gasteiger partial charge in [0, 0.05) is 32.0 Å². The number of hydrogen-bond donors (Lipinski definition) is 1. The number of likely N-dealkylation sites (tertiary alicyclic amines) is 1. The van der Waals surface area contributed by atoms with E-state index in [-0.39, 0.29) is 29.5 Å². The second kappa shape index (κ2) is 11.2. The van der Waals surface area contributed by atoms with Crippen LogP contribution in [0.25, 0.3) is 0 Å². The van der Waals surface area contributed by atoms with Gasteiger partial charge in [-0.1, -0.05) is 44.2 Å². The topological polar surface area (TPSA) is 84.5 Å².